The van der Waals surface area contributed by atoms with Gasteiger partial charge in [0, 0.05) is 23.6 Å². The van der Waals surface area contributed by atoms with Gasteiger partial charge in [-0.25, -0.2) is 0 Å². The summed E-state index contributed by atoms with van der Waals surface area (Å²) in [5.74, 6) is 2.83. The van der Waals surface area contributed by atoms with Gasteiger partial charge in [0.25, 0.3) is 5.56 Å². The van der Waals surface area contributed by atoms with E-state index in [1.165, 1.54) is 0 Å². The summed E-state index contributed by atoms with van der Waals surface area (Å²) in [6.07, 6.45) is 1.79. The molecule has 1 unspecified atom stereocenters. The second kappa shape index (κ2) is 6.37. The molecule has 3 rings (SSSR count). The van der Waals surface area contributed by atoms with Gasteiger partial charge in [0.15, 0.2) is 11.6 Å². The summed E-state index contributed by atoms with van der Waals surface area (Å²) in [6, 6.07) is 11.7. The molecule has 2 N–H and O–H groups in total. The fourth-order valence-electron chi connectivity index (χ4n) is 2.47. The summed E-state index contributed by atoms with van der Waals surface area (Å²) in [5, 5.41) is 13.5. The molecule has 1 atom stereocenters. The molecule has 1 aliphatic heterocycles. The number of aromatic hydroxyl groups is 1. The Hall–Kier alpha value is -1.72. The smallest absolute Gasteiger partial charge is 0.293 e. The van der Waals surface area contributed by atoms with Gasteiger partial charge in [-0.05, 0) is 11.6 Å². The fourth-order valence-corrected chi connectivity index (χ4v) is 4.40. The van der Waals surface area contributed by atoms with Crippen molar-refractivity contribution in [2.45, 2.75) is 12.3 Å². The van der Waals surface area contributed by atoms with Crippen LogP contribution in [-0.2, 0) is 23.2 Å². The molecule has 0 amide bonds. The molecule has 0 radical (unpaired) electrons. The highest BCUT2D eigenvalue weighted by molar-refractivity contribution is 7.96. The normalized spacial score (nSPS) is 18.0. The zero-order chi connectivity index (χ0) is 14.7. The van der Waals surface area contributed by atoms with Crippen molar-refractivity contribution in [2.75, 3.05) is 18.2 Å². The third-order valence-electron chi connectivity index (χ3n) is 3.65. The molecule has 1 fully saturated rings. The molecule has 0 aliphatic carbocycles. The maximum Gasteiger partial charge on any atom is 0.293 e. The van der Waals surface area contributed by atoms with Crippen molar-refractivity contribution in [3.63, 3.8) is 0 Å². The second-order valence-corrected chi connectivity index (χ2v) is 7.42. The van der Waals surface area contributed by atoms with Gasteiger partial charge in [-0.2, -0.15) is 0 Å². The van der Waals surface area contributed by atoms with Crippen molar-refractivity contribution in [3.8, 4) is 5.75 Å². The Morgan fingerprint density at radius 3 is 2.76 bits per heavy atom. The van der Waals surface area contributed by atoms with Crippen molar-refractivity contribution in [1.82, 2.24) is 9.88 Å². The number of rotatable bonds is 4. The first-order valence-electron chi connectivity index (χ1n) is 7.04. The molecule has 0 saturated carbocycles. The summed E-state index contributed by atoms with van der Waals surface area (Å²) in [5.41, 5.74) is 1.53. The zero-order valence-electron chi connectivity index (χ0n) is 11.8. The number of aromatic nitrogens is 1. The van der Waals surface area contributed by atoms with Gasteiger partial charge in [-0.3, -0.25) is 10.1 Å². The lowest BCUT2D eigenvalue weighted by Gasteiger charge is -2.09. The molecule has 4 nitrogen and oxygen atoms in total. The van der Waals surface area contributed by atoms with Crippen molar-refractivity contribution < 1.29 is 5.11 Å². The summed E-state index contributed by atoms with van der Waals surface area (Å²) in [6.45, 7) is 1.52. The largest absolute Gasteiger partial charge is 0.503 e. The molecular weight excluding hydrogens is 284 g/mol. The minimum atomic E-state index is -0.299. The van der Waals surface area contributed by atoms with E-state index in [4.69, 9.17) is 0 Å². The maximum absolute atomic E-state index is 12.3. The van der Waals surface area contributed by atoms with Crippen LogP contribution in [0.15, 0.2) is 47.4 Å². The van der Waals surface area contributed by atoms with Crippen molar-refractivity contribution in [2.24, 2.45) is 0 Å². The number of hydrogen-bond acceptors (Lipinski definition) is 3. The first-order chi connectivity index (χ1) is 10.2. The van der Waals surface area contributed by atoms with Crippen LogP contribution >= 0.6 is 0 Å². The highest BCUT2D eigenvalue weighted by atomic mass is 32.2. The van der Waals surface area contributed by atoms with Crippen LogP contribution in [0.25, 0.3) is 0 Å². The van der Waals surface area contributed by atoms with Crippen LogP contribution in [0, 0.1) is 0 Å². The van der Waals surface area contributed by atoms with Crippen LogP contribution in [0.1, 0.15) is 11.1 Å². The minimum Gasteiger partial charge on any atom is -0.503 e. The maximum atomic E-state index is 12.3. The number of nitrogens with one attached hydrogen (secondary N) is 1. The van der Waals surface area contributed by atoms with Crippen LogP contribution in [0.5, 0.6) is 5.75 Å². The van der Waals surface area contributed by atoms with Gasteiger partial charge >= 0.3 is 0 Å². The van der Waals surface area contributed by atoms with E-state index < -0.39 is 0 Å². The van der Waals surface area contributed by atoms with Crippen molar-refractivity contribution >= 4 is 10.9 Å². The van der Waals surface area contributed by atoms with Gasteiger partial charge in [0.05, 0.1) is 12.1 Å². The van der Waals surface area contributed by atoms with Crippen LogP contribution < -0.4 is 10.9 Å². The molecule has 1 aliphatic rings. The number of hydrogen-bond donors (Lipinski definition) is 2. The van der Waals surface area contributed by atoms with E-state index in [0.29, 0.717) is 6.54 Å². The molecule has 0 spiro atoms. The Labute approximate surface area is 126 Å². The minimum absolute atomic E-state index is 0.0900. The van der Waals surface area contributed by atoms with Crippen LogP contribution in [0.2, 0.25) is 0 Å². The quantitative estimate of drug-likeness (QED) is 0.837. The molecule has 2 aromatic rings. The van der Waals surface area contributed by atoms with E-state index in [-0.39, 0.29) is 22.2 Å². The summed E-state index contributed by atoms with van der Waals surface area (Å²) in [7, 11) is 0.239. The Balaban J connectivity index is 1.81. The van der Waals surface area contributed by atoms with Gasteiger partial charge in [0.1, 0.15) is 11.5 Å². The zero-order valence-corrected chi connectivity index (χ0v) is 12.6. The molecule has 2 heterocycles. The van der Waals surface area contributed by atoms with Crippen LogP contribution in [0.4, 0.5) is 0 Å². The van der Waals surface area contributed by atoms with E-state index in [1.807, 2.05) is 36.4 Å². The van der Waals surface area contributed by atoms with E-state index >= 15 is 0 Å². The standard InChI is InChI=1S/C16H18N2O2S/c19-15-14(11-21-9-7-17-12-21)6-8-18(16(15)20)10-13-4-2-1-3-5-13/h1-6,8,17H,7,9-12H2/p+1. The summed E-state index contributed by atoms with van der Waals surface area (Å²) < 4.78 is 1.56. The van der Waals surface area contributed by atoms with Gasteiger partial charge < -0.3 is 9.67 Å². The highest BCUT2D eigenvalue weighted by Crippen LogP contribution is 2.17. The first kappa shape index (κ1) is 14.2. The summed E-state index contributed by atoms with van der Waals surface area (Å²) in [4.78, 5) is 12.3. The van der Waals surface area contributed by atoms with E-state index in [2.05, 4.69) is 5.32 Å². The fraction of sp³-hybridized carbons (Fsp3) is 0.312. The Kier molecular flexibility index (Phi) is 4.31. The number of nitrogens with zero attached hydrogens (tertiary/aromatic N) is 1. The van der Waals surface area contributed by atoms with Crippen molar-refractivity contribution in [1.29, 1.82) is 0 Å². The topological polar surface area (TPSA) is 54.3 Å². The third-order valence-corrected chi connectivity index (χ3v) is 5.77. The summed E-state index contributed by atoms with van der Waals surface area (Å²) >= 11 is 0. The van der Waals surface area contributed by atoms with E-state index in [9.17, 15) is 9.90 Å². The van der Waals surface area contributed by atoms with E-state index in [0.717, 1.165) is 35.1 Å². The first-order valence-corrected chi connectivity index (χ1v) is 8.77. The Morgan fingerprint density at radius 2 is 2.05 bits per heavy atom. The molecule has 0 bridgehead atoms. The van der Waals surface area contributed by atoms with Gasteiger partial charge in [-0.1, -0.05) is 30.3 Å². The Morgan fingerprint density at radius 1 is 1.24 bits per heavy atom. The molecule has 5 heteroatoms. The molecule has 1 aromatic carbocycles. The Bertz CT molecular complexity index is 664. The highest BCUT2D eigenvalue weighted by Gasteiger charge is 2.25. The predicted octanol–water partition coefficient (Wildman–Crippen LogP) is 1.28. The lowest BCUT2D eigenvalue weighted by Crippen LogP contribution is -2.22. The van der Waals surface area contributed by atoms with Crippen molar-refractivity contribution in [3.05, 3.63) is 64.1 Å². The molecular formula is C16H19N2O2S+. The SMILES string of the molecule is O=c1c(O)c(C[S+]2CCNC2)ccn1Cc1ccccc1. The number of pyridine rings is 1. The van der Waals surface area contributed by atoms with Gasteiger partial charge in [0.2, 0.25) is 0 Å². The van der Waals surface area contributed by atoms with Crippen LogP contribution in [0.3, 0.4) is 0 Å². The van der Waals surface area contributed by atoms with Gasteiger partial charge in [-0.15, -0.1) is 0 Å². The molecule has 1 aromatic heterocycles. The van der Waals surface area contributed by atoms with E-state index in [1.54, 1.807) is 10.8 Å². The predicted molar refractivity (Wildman–Crippen MR) is 86.7 cm³/mol. The molecule has 110 valence electrons. The molecule has 21 heavy (non-hydrogen) atoms. The monoisotopic (exact) mass is 303 g/mol. The lowest BCUT2D eigenvalue weighted by atomic mass is 10.2. The average molecular weight is 303 g/mol. The average Bonchev–Trinajstić information content (AvgIpc) is 3.01. The lowest BCUT2D eigenvalue weighted by molar-refractivity contribution is 0.454. The van der Waals surface area contributed by atoms with Crippen LogP contribution in [-0.4, -0.2) is 27.8 Å². The third kappa shape index (κ3) is 3.31. The molecule has 1 saturated heterocycles. The second-order valence-electron chi connectivity index (χ2n) is 5.21. The number of benzene rings is 1.